The van der Waals surface area contributed by atoms with Crippen molar-refractivity contribution in [2.24, 2.45) is 5.92 Å². The van der Waals surface area contributed by atoms with E-state index < -0.39 is 0 Å². The number of hydrogen-bond donors (Lipinski definition) is 0. The summed E-state index contributed by atoms with van der Waals surface area (Å²) in [6, 6.07) is 4.19. The average Bonchev–Trinajstić information content (AvgIpc) is 2.66. The van der Waals surface area contributed by atoms with Crippen molar-refractivity contribution in [3.8, 4) is 11.5 Å². The van der Waals surface area contributed by atoms with Gasteiger partial charge in [-0.15, -0.1) is 0 Å². The van der Waals surface area contributed by atoms with E-state index >= 15 is 0 Å². The molecule has 0 aromatic heterocycles. The number of allylic oxidation sites excluding steroid dienone is 2. The molecule has 0 unspecified atom stereocenters. The summed E-state index contributed by atoms with van der Waals surface area (Å²) >= 11 is 0. The largest absolute Gasteiger partial charge is 0.496 e. The van der Waals surface area contributed by atoms with E-state index in [0.29, 0.717) is 0 Å². The molecule has 0 radical (unpaired) electrons. The topological polar surface area (TPSA) is 44.8 Å². The Morgan fingerprint density at radius 2 is 1.77 bits per heavy atom. The summed E-state index contributed by atoms with van der Waals surface area (Å²) in [5, 5.41) is 0. The van der Waals surface area contributed by atoms with Gasteiger partial charge < -0.3 is 14.2 Å². The molecule has 0 N–H and O–H groups in total. The van der Waals surface area contributed by atoms with Gasteiger partial charge in [-0.2, -0.15) is 0 Å². The van der Waals surface area contributed by atoms with Crippen LogP contribution in [0, 0.1) is 5.92 Å². The third-order valence-corrected chi connectivity index (χ3v) is 5.26. The minimum absolute atomic E-state index is 0.0919. The van der Waals surface area contributed by atoms with Crippen LogP contribution in [-0.2, 0) is 16.0 Å². The number of carbonyl (C=O) groups is 1. The molecular formula is C22H32O4. The predicted molar refractivity (Wildman–Crippen MR) is 104 cm³/mol. The number of rotatable bonds is 8. The lowest BCUT2D eigenvalue weighted by molar-refractivity contribution is -0.146. The van der Waals surface area contributed by atoms with Gasteiger partial charge in [0.15, 0.2) is 0 Å². The summed E-state index contributed by atoms with van der Waals surface area (Å²) < 4.78 is 16.5. The number of esters is 1. The number of methoxy groups -OCH3 is 3. The van der Waals surface area contributed by atoms with Crippen LogP contribution in [0.4, 0.5) is 0 Å². The zero-order valence-corrected chi connectivity index (χ0v) is 16.8. The van der Waals surface area contributed by atoms with Crippen LogP contribution < -0.4 is 9.47 Å². The minimum atomic E-state index is -0.211. The molecular weight excluding hydrogens is 328 g/mol. The lowest BCUT2D eigenvalue weighted by Crippen LogP contribution is -2.26. The fourth-order valence-corrected chi connectivity index (χ4v) is 3.81. The molecule has 0 saturated heterocycles. The molecule has 0 saturated carbocycles. The standard InChI is InChI=1S/C22H32O4/c1-6-7-8-9-16-13-19(24-3)21(20(14-16)25-4)18-12-15(2)10-11-17(18)22(23)26-5/h12-14,17-18H,6-11H2,1-5H3/t17-,18-/m1/s1. The van der Waals surface area contributed by atoms with Crippen LogP contribution in [0.5, 0.6) is 11.5 Å². The van der Waals surface area contributed by atoms with Gasteiger partial charge in [0.25, 0.3) is 0 Å². The molecule has 0 amide bonds. The summed E-state index contributed by atoms with van der Waals surface area (Å²) in [5.74, 6) is 1.11. The average molecular weight is 360 g/mol. The summed E-state index contributed by atoms with van der Waals surface area (Å²) in [4.78, 5) is 12.4. The van der Waals surface area contributed by atoms with E-state index in [-0.39, 0.29) is 17.8 Å². The third kappa shape index (κ3) is 4.60. The lowest BCUT2D eigenvalue weighted by atomic mass is 9.76. The van der Waals surface area contributed by atoms with Gasteiger partial charge in [-0.05, 0) is 50.3 Å². The first-order valence-electron chi connectivity index (χ1n) is 9.55. The van der Waals surface area contributed by atoms with Gasteiger partial charge in [-0.25, -0.2) is 0 Å². The van der Waals surface area contributed by atoms with Crippen molar-refractivity contribution >= 4 is 5.97 Å². The second-order valence-corrected chi connectivity index (χ2v) is 7.08. The summed E-state index contributed by atoms with van der Waals surface area (Å²) in [5.41, 5.74) is 3.44. The number of aryl methyl sites for hydroxylation is 1. The Hall–Kier alpha value is -1.97. The molecule has 0 bridgehead atoms. The number of unbranched alkanes of at least 4 members (excludes halogenated alkanes) is 2. The van der Waals surface area contributed by atoms with Gasteiger partial charge >= 0.3 is 5.97 Å². The normalized spacial score (nSPS) is 19.7. The van der Waals surface area contributed by atoms with Crippen LogP contribution in [0.25, 0.3) is 0 Å². The maximum absolute atomic E-state index is 12.4. The summed E-state index contributed by atoms with van der Waals surface area (Å²) in [7, 11) is 4.82. The van der Waals surface area contributed by atoms with Gasteiger partial charge in [0.1, 0.15) is 11.5 Å². The van der Waals surface area contributed by atoms with Crippen LogP contribution >= 0.6 is 0 Å². The third-order valence-electron chi connectivity index (χ3n) is 5.26. The number of carbonyl (C=O) groups excluding carboxylic acids is 1. The highest BCUT2D eigenvalue weighted by Gasteiger charge is 2.35. The van der Waals surface area contributed by atoms with E-state index in [0.717, 1.165) is 42.7 Å². The Morgan fingerprint density at radius 1 is 1.12 bits per heavy atom. The molecule has 4 heteroatoms. The second kappa shape index (κ2) is 9.65. The van der Waals surface area contributed by atoms with Crippen LogP contribution in [0.2, 0.25) is 0 Å². The van der Waals surface area contributed by atoms with Gasteiger partial charge in [-0.1, -0.05) is 31.4 Å². The van der Waals surface area contributed by atoms with Crippen LogP contribution in [0.15, 0.2) is 23.8 Å². The molecule has 1 aromatic rings. The first-order valence-corrected chi connectivity index (χ1v) is 9.55. The van der Waals surface area contributed by atoms with Crippen molar-refractivity contribution in [1.29, 1.82) is 0 Å². The highest BCUT2D eigenvalue weighted by atomic mass is 16.5. The van der Waals surface area contributed by atoms with E-state index in [9.17, 15) is 4.79 Å². The molecule has 144 valence electrons. The Morgan fingerprint density at radius 3 is 2.31 bits per heavy atom. The molecule has 2 atom stereocenters. The Labute approximate surface area is 157 Å². The van der Waals surface area contributed by atoms with Crippen molar-refractivity contribution in [3.05, 3.63) is 34.9 Å². The van der Waals surface area contributed by atoms with Crippen molar-refractivity contribution in [2.75, 3.05) is 21.3 Å². The molecule has 4 nitrogen and oxygen atoms in total. The molecule has 0 spiro atoms. The zero-order chi connectivity index (χ0) is 19.1. The first kappa shape index (κ1) is 20.3. The molecule has 0 heterocycles. The van der Waals surface area contributed by atoms with Crippen LogP contribution in [0.3, 0.4) is 0 Å². The quantitative estimate of drug-likeness (QED) is 0.370. The van der Waals surface area contributed by atoms with Crippen molar-refractivity contribution < 1.29 is 19.0 Å². The number of ether oxygens (including phenoxy) is 3. The van der Waals surface area contributed by atoms with Crippen LogP contribution in [-0.4, -0.2) is 27.3 Å². The summed E-state index contributed by atoms with van der Waals surface area (Å²) in [6.07, 6.45) is 8.42. The fourth-order valence-electron chi connectivity index (χ4n) is 3.81. The van der Waals surface area contributed by atoms with Crippen molar-refractivity contribution in [3.63, 3.8) is 0 Å². The van der Waals surface area contributed by atoms with E-state index in [1.807, 2.05) is 0 Å². The van der Waals surface area contributed by atoms with Crippen molar-refractivity contribution in [1.82, 2.24) is 0 Å². The SMILES string of the molecule is CCCCCc1cc(OC)c([C@@H]2C=C(C)CC[C@H]2C(=O)OC)c(OC)c1. The lowest BCUT2D eigenvalue weighted by Gasteiger charge is -2.30. The maximum Gasteiger partial charge on any atom is 0.309 e. The Bertz CT molecular complexity index is 623. The van der Waals surface area contributed by atoms with Gasteiger partial charge in [0.2, 0.25) is 0 Å². The van der Waals surface area contributed by atoms with E-state index in [2.05, 4.69) is 32.1 Å². The first-order chi connectivity index (χ1) is 12.5. The zero-order valence-electron chi connectivity index (χ0n) is 16.8. The smallest absolute Gasteiger partial charge is 0.309 e. The molecule has 0 fully saturated rings. The molecule has 26 heavy (non-hydrogen) atoms. The molecule has 1 aromatic carbocycles. The highest BCUT2D eigenvalue weighted by Crippen LogP contribution is 2.45. The Kier molecular flexibility index (Phi) is 7.55. The Balaban J connectivity index is 2.47. The van der Waals surface area contributed by atoms with Crippen molar-refractivity contribution in [2.45, 2.75) is 58.3 Å². The predicted octanol–water partition coefficient (Wildman–Crippen LogP) is 5.05. The monoisotopic (exact) mass is 360 g/mol. The molecule has 1 aliphatic rings. The van der Waals surface area contributed by atoms with E-state index in [1.54, 1.807) is 14.2 Å². The molecule has 2 rings (SSSR count). The summed E-state index contributed by atoms with van der Waals surface area (Å²) in [6.45, 7) is 4.31. The minimum Gasteiger partial charge on any atom is -0.496 e. The maximum atomic E-state index is 12.4. The second-order valence-electron chi connectivity index (χ2n) is 7.08. The van der Waals surface area contributed by atoms with Crippen LogP contribution in [0.1, 0.15) is 63.0 Å². The van der Waals surface area contributed by atoms with E-state index in [1.165, 1.54) is 31.1 Å². The molecule has 1 aliphatic carbocycles. The number of benzene rings is 1. The van der Waals surface area contributed by atoms with E-state index in [4.69, 9.17) is 14.2 Å². The van der Waals surface area contributed by atoms with Gasteiger partial charge in [0.05, 0.1) is 27.2 Å². The van der Waals surface area contributed by atoms with Gasteiger partial charge in [-0.3, -0.25) is 4.79 Å². The van der Waals surface area contributed by atoms with Gasteiger partial charge in [0, 0.05) is 11.5 Å². The number of hydrogen-bond acceptors (Lipinski definition) is 4. The molecule has 0 aliphatic heterocycles. The highest BCUT2D eigenvalue weighted by molar-refractivity contribution is 5.75. The fraction of sp³-hybridized carbons (Fsp3) is 0.591.